The first-order valence-corrected chi connectivity index (χ1v) is 29.9. The van der Waals surface area contributed by atoms with Crippen LogP contribution in [0.2, 0.25) is 0 Å². The number of nitrogens with one attached hydrogen (secondary N) is 1. The summed E-state index contributed by atoms with van der Waals surface area (Å²) in [6.45, 7) is 4.64. The van der Waals surface area contributed by atoms with Crippen LogP contribution in [0.1, 0.15) is 213 Å². The summed E-state index contributed by atoms with van der Waals surface area (Å²) in [6.07, 6.45) is 77.3. The van der Waals surface area contributed by atoms with Crippen molar-refractivity contribution in [2.75, 3.05) is 40.9 Å². The molecule has 1 amide bonds. The Bertz CT molecular complexity index is 1560. The summed E-state index contributed by atoms with van der Waals surface area (Å²) in [5.41, 5.74) is 0. The number of allylic oxidation sites excluding steroid dienone is 19. The van der Waals surface area contributed by atoms with Gasteiger partial charge in [0.05, 0.1) is 39.9 Å². The molecular weight excluding hydrogens is 900 g/mol. The van der Waals surface area contributed by atoms with Gasteiger partial charge in [-0.3, -0.25) is 13.8 Å². The molecule has 0 aliphatic rings. The summed E-state index contributed by atoms with van der Waals surface area (Å²) in [6, 6.07) is -0.879. The van der Waals surface area contributed by atoms with Gasteiger partial charge >= 0.3 is 7.82 Å². The van der Waals surface area contributed by atoms with E-state index in [0.717, 1.165) is 89.9 Å². The number of phosphoric acid groups is 1. The van der Waals surface area contributed by atoms with Crippen molar-refractivity contribution in [3.8, 4) is 0 Å². The lowest BCUT2D eigenvalue weighted by Gasteiger charge is -2.25. The van der Waals surface area contributed by atoms with Gasteiger partial charge in [0.25, 0.3) is 0 Å². The summed E-state index contributed by atoms with van der Waals surface area (Å²) >= 11 is 0. The van der Waals surface area contributed by atoms with E-state index in [9.17, 15) is 19.4 Å². The molecule has 0 heterocycles. The summed E-state index contributed by atoms with van der Waals surface area (Å²) in [5, 5.41) is 13.9. The summed E-state index contributed by atoms with van der Waals surface area (Å²) in [4.78, 5) is 23.3. The SMILES string of the molecule is CC/C=C\C/C=C\C/C=C\C/C=C\C/C=C\C/C=C\C/C=C\CCCCCCCCCCCCCC(=O)NC(COP(=O)(O)OCC[N+](C)(C)C)C(O)/C=C/CC/C=C/CC/C=C/CCCCCCCC. The van der Waals surface area contributed by atoms with Crippen molar-refractivity contribution in [2.45, 2.75) is 225 Å². The number of hydrogen-bond acceptors (Lipinski definition) is 5. The maximum atomic E-state index is 13.0. The highest BCUT2D eigenvalue weighted by Gasteiger charge is 2.27. The van der Waals surface area contributed by atoms with Crippen LogP contribution in [-0.2, 0) is 18.4 Å². The average molecular weight is 1010 g/mol. The van der Waals surface area contributed by atoms with Gasteiger partial charge in [-0.25, -0.2) is 4.57 Å². The van der Waals surface area contributed by atoms with Crippen molar-refractivity contribution < 1.29 is 32.9 Å². The Kier molecular flexibility index (Phi) is 49.5. The quantitative estimate of drug-likeness (QED) is 0.0243. The van der Waals surface area contributed by atoms with Gasteiger partial charge in [0.1, 0.15) is 13.2 Å². The van der Waals surface area contributed by atoms with Crippen molar-refractivity contribution in [1.29, 1.82) is 0 Å². The molecule has 0 aliphatic heterocycles. The second-order valence-corrected chi connectivity index (χ2v) is 21.4. The molecule has 3 atom stereocenters. The zero-order chi connectivity index (χ0) is 52.0. The lowest BCUT2D eigenvalue weighted by molar-refractivity contribution is -0.870. The van der Waals surface area contributed by atoms with E-state index in [0.29, 0.717) is 17.4 Å². The van der Waals surface area contributed by atoms with E-state index in [-0.39, 0.29) is 19.1 Å². The van der Waals surface area contributed by atoms with Crippen LogP contribution >= 0.6 is 7.82 Å². The fourth-order valence-electron chi connectivity index (χ4n) is 7.46. The molecule has 9 heteroatoms. The number of hydrogen-bond donors (Lipinski definition) is 3. The molecule has 0 rings (SSSR count). The molecule has 0 radical (unpaired) electrons. The minimum absolute atomic E-state index is 0.0471. The van der Waals surface area contributed by atoms with Crippen molar-refractivity contribution >= 4 is 13.7 Å². The molecule has 0 saturated carbocycles. The molecule has 406 valence electrons. The second kappa shape index (κ2) is 51.8. The van der Waals surface area contributed by atoms with Crippen molar-refractivity contribution in [3.05, 3.63) is 122 Å². The van der Waals surface area contributed by atoms with Crippen LogP contribution in [0.25, 0.3) is 0 Å². The molecule has 0 aromatic heterocycles. The maximum Gasteiger partial charge on any atom is 0.472 e. The van der Waals surface area contributed by atoms with Crippen molar-refractivity contribution in [1.82, 2.24) is 5.32 Å². The summed E-state index contributed by atoms with van der Waals surface area (Å²) < 4.78 is 23.6. The Morgan fingerprint density at radius 2 is 0.859 bits per heavy atom. The Labute approximate surface area is 437 Å². The smallest absolute Gasteiger partial charge is 0.387 e. The monoisotopic (exact) mass is 1010 g/mol. The van der Waals surface area contributed by atoms with E-state index in [1.165, 1.54) is 103 Å². The van der Waals surface area contributed by atoms with Crippen LogP contribution in [0.5, 0.6) is 0 Å². The number of rotatable bonds is 50. The molecule has 0 bridgehead atoms. The minimum atomic E-state index is -4.37. The minimum Gasteiger partial charge on any atom is -0.387 e. The van der Waals surface area contributed by atoms with Gasteiger partial charge in [0, 0.05) is 6.42 Å². The van der Waals surface area contributed by atoms with Crippen LogP contribution in [0.15, 0.2) is 122 Å². The van der Waals surface area contributed by atoms with Crippen LogP contribution in [0.4, 0.5) is 0 Å². The highest BCUT2D eigenvalue weighted by Crippen LogP contribution is 2.43. The molecule has 0 spiro atoms. The molecule has 8 nitrogen and oxygen atoms in total. The highest BCUT2D eigenvalue weighted by atomic mass is 31.2. The fourth-order valence-corrected chi connectivity index (χ4v) is 8.20. The molecule has 3 unspecified atom stereocenters. The number of carbonyl (C=O) groups is 1. The molecule has 0 saturated heterocycles. The number of nitrogens with zero attached hydrogens (tertiary/aromatic N) is 1. The van der Waals surface area contributed by atoms with Crippen molar-refractivity contribution in [3.63, 3.8) is 0 Å². The van der Waals surface area contributed by atoms with Gasteiger partial charge in [-0.2, -0.15) is 0 Å². The third-order valence-corrected chi connectivity index (χ3v) is 12.9. The number of carbonyl (C=O) groups excluding carboxylic acids is 1. The lowest BCUT2D eigenvalue weighted by Crippen LogP contribution is -2.45. The predicted octanol–water partition coefficient (Wildman–Crippen LogP) is 17.4. The van der Waals surface area contributed by atoms with Crippen LogP contribution in [0, 0.1) is 0 Å². The van der Waals surface area contributed by atoms with E-state index in [1.807, 2.05) is 27.2 Å². The zero-order valence-electron chi connectivity index (χ0n) is 46.2. The van der Waals surface area contributed by atoms with E-state index in [4.69, 9.17) is 9.05 Å². The Balaban J connectivity index is 4.22. The Morgan fingerprint density at radius 1 is 0.493 bits per heavy atom. The van der Waals surface area contributed by atoms with Gasteiger partial charge in [-0.15, -0.1) is 0 Å². The molecule has 3 N–H and O–H groups in total. The molecule has 0 aliphatic carbocycles. The van der Waals surface area contributed by atoms with E-state index in [1.54, 1.807) is 6.08 Å². The average Bonchev–Trinajstić information content (AvgIpc) is 3.33. The van der Waals surface area contributed by atoms with Crippen molar-refractivity contribution in [2.24, 2.45) is 0 Å². The first-order valence-electron chi connectivity index (χ1n) is 28.4. The second-order valence-electron chi connectivity index (χ2n) is 19.9. The van der Waals surface area contributed by atoms with Crippen LogP contribution in [-0.4, -0.2) is 73.4 Å². The van der Waals surface area contributed by atoms with Crippen LogP contribution < -0.4 is 5.32 Å². The van der Waals surface area contributed by atoms with E-state index >= 15 is 0 Å². The largest absolute Gasteiger partial charge is 0.472 e. The van der Waals surface area contributed by atoms with E-state index in [2.05, 4.69) is 129 Å². The maximum absolute atomic E-state index is 13.0. The number of unbranched alkanes of at least 4 members (excludes halogenated alkanes) is 19. The Morgan fingerprint density at radius 3 is 1.30 bits per heavy atom. The number of likely N-dealkylation sites (N-methyl/N-ethyl adjacent to an activating group) is 1. The summed E-state index contributed by atoms with van der Waals surface area (Å²) in [7, 11) is 1.53. The molecule has 0 aromatic rings. The zero-order valence-corrected chi connectivity index (χ0v) is 47.1. The number of aliphatic hydroxyl groups excluding tert-OH is 1. The van der Waals surface area contributed by atoms with Gasteiger partial charge < -0.3 is 19.8 Å². The standard InChI is InChI=1S/C62H107N2O6P/c1-6-8-10-12-14-16-18-20-22-24-25-26-27-28-29-30-31-32-33-34-35-36-37-38-39-40-42-44-46-48-50-52-54-56-62(66)63-60(59-70-71(67,68)69-58-57-64(3,4)5)61(65)55-53-51-49-47-45-43-41-23-21-19-17-15-13-11-9-7-2/h8,10,14,16,20-23,25-26,28-29,31-32,34-35,45,47,53,55,60-61,65H,6-7,9,11-13,15,17-19,24,27,30,33,36-44,46,48-52,54,56-59H2,1-5H3,(H-,63,66,67,68)/p+1/b10-8-,16-14-,22-20-,23-21+,26-25-,29-28-,32-31-,35-34-,47-45+,55-53+. The van der Waals surface area contributed by atoms with Gasteiger partial charge in [0.2, 0.25) is 5.91 Å². The predicted molar refractivity (Wildman–Crippen MR) is 308 cm³/mol. The lowest BCUT2D eigenvalue weighted by atomic mass is 10.0. The summed E-state index contributed by atoms with van der Waals surface area (Å²) in [5.74, 6) is -0.200. The van der Waals surface area contributed by atoms with Crippen LogP contribution in [0.3, 0.4) is 0 Å². The van der Waals surface area contributed by atoms with Gasteiger partial charge in [-0.1, -0.05) is 225 Å². The van der Waals surface area contributed by atoms with Gasteiger partial charge in [-0.05, 0) is 103 Å². The Hall–Kier alpha value is -3.10. The molecule has 71 heavy (non-hydrogen) atoms. The number of aliphatic hydroxyl groups is 1. The normalized spacial score (nSPS) is 14.9. The third kappa shape index (κ3) is 54.5. The topological polar surface area (TPSA) is 105 Å². The number of quaternary nitrogens is 1. The van der Waals surface area contributed by atoms with Gasteiger partial charge in [0.15, 0.2) is 0 Å². The fraction of sp³-hybridized carbons (Fsp3) is 0.661. The first-order chi connectivity index (χ1) is 34.5. The first kappa shape index (κ1) is 67.9. The molecule has 0 aromatic carbocycles. The number of phosphoric ester groups is 1. The molecule has 0 fully saturated rings. The highest BCUT2D eigenvalue weighted by molar-refractivity contribution is 7.47. The third-order valence-electron chi connectivity index (χ3n) is 11.9. The number of amides is 1. The van der Waals surface area contributed by atoms with E-state index < -0.39 is 20.0 Å². The molecular formula is C62H108N2O6P+.